The number of fused-ring (bicyclic) bond motifs is 9. The van der Waals surface area contributed by atoms with Crippen molar-refractivity contribution in [3.63, 3.8) is 0 Å². The molecule has 38 nitrogen and oxygen atoms in total. The quantitative estimate of drug-likeness (QED) is 0.0465. The minimum atomic E-state index is -1.43. The van der Waals surface area contributed by atoms with Gasteiger partial charge < -0.3 is 90.0 Å². The summed E-state index contributed by atoms with van der Waals surface area (Å²) in [5, 5.41) is 0. The van der Waals surface area contributed by atoms with Gasteiger partial charge in [-0.2, -0.15) is 0 Å². The molecule has 0 N–H and O–H groups in total. The third-order valence-electron chi connectivity index (χ3n) is 33.5. The van der Waals surface area contributed by atoms with Gasteiger partial charge in [0.05, 0.1) is 47.8 Å². The molecular weight excluding hydrogens is 1890 g/mol. The number of esters is 19. The van der Waals surface area contributed by atoms with E-state index >= 15 is 0 Å². The Kier molecular flexibility index (Phi) is 29.6. The lowest BCUT2D eigenvalue weighted by atomic mass is 9.74. The first-order chi connectivity index (χ1) is 67.2. The summed E-state index contributed by atoms with van der Waals surface area (Å²) in [6, 6.07) is 0. The van der Waals surface area contributed by atoms with Crippen LogP contribution in [0.25, 0.3) is 0 Å². The molecule has 145 heavy (non-hydrogen) atoms. The Labute approximate surface area is 841 Å². The molecule has 33 atom stereocenters. The minimum Gasteiger partial charge on any atom is -0.462 e. The molecule has 22 fully saturated rings. The molecule has 9 aliphatic heterocycles. The van der Waals surface area contributed by atoms with Crippen LogP contribution >= 0.6 is 0 Å². The maximum Gasteiger partial charge on any atom is 0.350 e. The topological polar surface area (TPSA) is 500 Å². The van der Waals surface area contributed by atoms with Gasteiger partial charge in [-0.25, -0.2) is 52.7 Å². The standard InChI is InChI=1S/3C17H22O6.C16H20O6.C15H18O6.C13H16O4.C12H16O4/c1-8(2)13(18)23-16(3,4)15(20)22-12-11-9-6-17(12,5)7-10(9)14(19)21-11;1-8(2)13(18)22-16(3,4)15(20)23-17(5)9-6-10-11(7-9)14(19)21-12(10)17;1-8(2)13(18)22-16(3,4)15(20)21-12-9-6-10-11(7-9)17(12,5)23-14(10)19;1-7(2)13(17)22-16(3,4)15(19)21-11-8-5-9-10(6-8)14(18)20-12(9)11;1-7(2)14(17)19-4-3-11(16)20-12-8-5-9-10(6-8)15(18)21-13(9)12;1-6(2)11(14)16-10-8-4-7-5-9(8)12(15)17-13(7,10)3;1-7(2)10(13)15-9-6-8-4-5-12(9,3)16-11(8)14/h3*9-12H,1,6-7H2,2-5H3;8-12H,1,5-6H2,2-4H3;8-10,12-13H,1,3-6H2,2H3;7-10H,1,4-5H2,2-3H3;8-9H,1,4-6H2,2-3H3. The zero-order valence-corrected chi connectivity index (χ0v) is 86.1. The lowest BCUT2D eigenvalue weighted by Crippen LogP contribution is -2.59. The Morgan fingerprint density at radius 3 is 1.27 bits per heavy atom. The van der Waals surface area contributed by atoms with Gasteiger partial charge in [0.1, 0.15) is 90.1 Å². The van der Waals surface area contributed by atoms with E-state index in [1.807, 2.05) is 34.6 Å². The molecular formula is C107H136O38. The van der Waals surface area contributed by atoms with Crippen LogP contribution < -0.4 is 0 Å². The molecule has 33 unspecified atom stereocenters. The maximum absolute atomic E-state index is 12.5. The minimum absolute atomic E-state index is 0.00297. The van der Waals surface area contributed by atoms with Crippen molar-refractivity contribution in [2.24, 2.45) is 112 Å². The molecule has 792 valence electrons. The Balaban J connectivity index is 0.000000134. The summed E-state index contributed by atoms with van der Waals surface area (Å²) < 4.78 is 102. The SMILES string of the molecule is C=C(C)C(=O)OC(C)(C)C(=O)OC1(C)C2CC3C(=O)OC1C3C2.C=C(C)C(=O)OC(C)(C)C(=O)OC1C2CC3C(=O)OC1(C)C3C2.C=C(C)C(=O)OC(C)(C)C(=O)OC1C2CC3C(=O)OC1C3C2.C=C(C)C(=O)OC(C)(C)C(=O)OC1C2OC(=O)C3CC1(C)CC32.C=C(C)C(=O)OC1C2CC3CC2C(=O)OC31C.C=C(C)C(=O)OC1CC2CCC1(C)OC2=O.C=C(C)C(=O)OCCC(=O)OC1C2CC3C(=O)OC1C3C2. The predicted molar refractivity (Wildman–Crippen MR) is 497 cm³/mol. The zero-order valence-electron chi connectivity index (χ0n) is 86.1. The Morgan fingerprint density at radius 1 is 0.352 bits per heavy atom. The van der Waals surface area contributed by atoms with Gasteiger partial charge in [0, 0.05) is 116 Å². The molecule has 22 aliphatic rings. The molecule has 16 bridgehead atoms. The number of carbonyl (C=O) groups is 19. The van der Waals surface area contributed by atoms with E-state index in [0.717, 1.165) is 64.2 Å². The highest BCUT2D eigenvalue weighted by Crippen LogP contribution is 2.66. The fourth-order valence-corrected chi connectivity index (χ4v) is 25.5. The molecule has 38 heteroatoms. The predicted octanol–water partition coefficient (Wildman–Crippen LogP) is 10.7. The van der Waals surface area contributed by atoms with Gasteiger partial charge in [-0.1, -0.05) is 53.0 Å². The summed E-state index contributed by atoms with van der Waals surface area (Å²) in [5.41, 5.74) is -6.88. The summed E-state index contributed by atoms with van der Waals surface area (Å²) in [6.45, 7) is 56.6. The number of hydrogen-bond donors (Lipinski definition) is 0. The largest absolute Gasteiger partial charge is 0.462 e. The normalized spacial score (nSPS) is 37.8. The molecule has 9 saturated heterocycles. The number of hydrogen-bond acceptors (Lipinski definition) is 38. The van der Waals surface area contributed by atoms with Gasteiger partial charge in [0.25, 0.3) is 0 Å². The van der Waals surface area contributed by atoms with Gasteiger partial charge >= 0.3 is 113 Å². The maximum atomic E-state index is 12.5. The van der Waals surface area contributed by atoms with Crippen LogP contribution in [0.15, 0.2) is 85.1 Å². The van der Waals surface area contributed by atoms with Crippen LogP contribution in [-0.4, -0.2) is 226 Å². The van der Waals surface area contributed by atoms with E-state index < -0.39 is 135 Å². The molecule has 0 radical (unpaired) electrons. The molecule has 0 spiro atoms. The summed E-state index contributed by atoms with van der Waals surface area (Å²) in [4.78, 5) is 225. The molecule has 0 aromatic rings. The highest BCUT2D eigenvalue weighted by atomic mass is 16.7. The Bertz CT molecular complexity index is 5470. The number of rotatable bonds is 25. The van der Waals surface area contributed by atoms with E-state index in [1.165, 1.54) is 83.1 Å². The van der Waals surface area contributed by atoms with Crippen molar-refractivity contribution in [3.8, 4) is 0 Å². The van der Waals surface area contributed by atoms with Crippen LogP contribution in [0.4, 0.5) is 0 Å². The summed E-state index contributed by atoms with van der Waals surface area (Å²) in [6.07, 6.45) is 8.03. The second-order valence-corrected chi connectivity index (χ2v) is 46.4. The summed E-state index contributed by atoms with van der Waals surface area (Å²) >= 11 is 0. The van der Waals surface area contributed by atoms with Gasteiger partial charge in [0.15, 0.2) is 0 Å². The highest BCUT2D eigenvalue weighted by molar-refractivity contribution is 5.95. The van der Waals surface area contributed by atoms with Crippen molar-refractivity contribution >= 4 is 113 Å². The van der Waals surface area contributed by atoms with Crippen LogP contribution in [0.5, 0.6) is 0 Å². The molecule has 0 aromatic carbocycles. The molecule has 0 aromatic heterocycles. The van der Waals surface area contributed by atoms with Gasteiger partial charge in [-0.15, -0.1) is 0 Å². The van der Waals surface area contributed by atoms with Crippen molar-refractivity contribution in [2.75, 3.05) is 6.61 Å². The average molecular weight is 2030 g/mol. The smallest absolute Gasteiger partial charge is 0.350 e. The van der Waals surface area contributed by atoms with E-state index in [1.54, 1.807) is 20.8 Å². The van der Waals surface area contributed by atoms with Gasteiger partial charge in [-0.3, -0.25) is 38.4 Å². The first-order valence-corrected chi connectivity index (χ1v) is 49.9. The van der Waals surface area contributed by atoms with E-state index in [0.29, 0.717) is 54.7 Å². The molecule has 13 aliphatic carbocycles. The molecule has 0 amide bonds. The number of carbonyl (C=O) groups excluding carboxylic acids is 19. The van der Waals surface area contributed by atoms with E-state index in [-0.39, 0.29) is 226 Å². The first-order valence-electron chi connectivity index (χ1n) is 49.9. The van der Waals surface area contributed by atoms with Crippen molar-refractivity contribution < 1.29 is 181 Å². The third kappa shape index (κ3) is 20.5. The van der Waals surface area contributed by atoms with Crippen molar-refractivity contribution in [3.05, 3.63) is 85.1 Å². The van der Waals surface area contributed by atoms with Crippen molar-refractivity contribution in [2.45, 2.75) is 347 Å². The summed E-state index contributed by atoms with van der Waals surface area (Å²) in [7, 11) is 0. The lowest BCUT2D eigenvalue weighted by Gasteiger charge is -2.47. The highest BCUT2D eigenvalue weighted by Gasteiger charge is 2.75. The van der Waals surface area contributed by atoms with Gasteiger partial charge in [0.2, 0.25) is 22.4 Å². The van der Waals surface area contributed by atoms with Crippen molar-refractivity contribution in [1.82, 2.24) is 0 Å². The van der Waals surface area contributed by atoms with Crippen LogP contribution in [0, 0.1) is 112 Å². The second kappa shape index (κ2) is 39.4. The van der Waals surface area contributed by atoms with Crippen LogP contribution in [0.1, 0.15) is 241 Å². The fourth-order valence-electron chi connectivity index (χ4n) is 25.5. The average Bonchev–Trinajstić information content (AvgIpc) is 1.54. The zero-order chi connectivity index (χ0) is 107. The molecule has 9 heterocycles. The first kappa shape index (κ1) is 109. The van der Waals surface area contributed by atoms with Gasteiger partial charge in [-0.05, 0) is 221 Å². The van der Waals surface area contributed by atoms with E-state index in [4.69, 9.17) is 90.0 Å². The molecule has 22 rings (SSSR count). The Hall–Kier alpha value is -11.9. The Morgan fingerprint density at radius 2 is 0.772 bits per heavy atom. The molecule has 13 saturated carbocycles. The number of ether oxygens (including phenoxy) is 19. The van der Waals surface area contributed by atoms with Crippen LogP contribution in [0.3, 0.4) is 0 Å². The summed E-state index contributed by atoms with van der Waals surface area (Å²) in [5.74, 6) is -6.51. The second-order valence-electron chi connectivity index (χ2n) is 46.4. The fraction of sp³-hybridized carbons (Fsp3) is 0.692. The van der Waals surface area contributed by atoms with E-state index in [9.17, 15) is 91.1 Å². The monoisotopic (exact) mass is 2030 g/mol. The van der Waals surface area contributed by atoms with E-state index in [2.05, 4.69) is 46.1 Å². The van der Waals surface area contributed by atoms with Crippen molar-refractivity contribution in [1.29, 1.82) is 0 Å². The third-order valence-corrected chi connectivity index (χ3v) is 33.5. The van der Waals surface area contributed by atoms with Crippen LogP contribution in [0.2, 0.25) is 0 Å². The lowest BCUT2D eigenvalue weighted by molar-refractivity contribution is -0.220. The van der Waals surface area contributed by atoms with Crippen LogP contribution in [-0.2, 0) is 181 Å².